The van der Waals surface area contributed by atoms with E-state index in [1.54, 1.807) is 37.4 Å². The molecule has 0 radical (unpaired) electrons. The van der Waals surface area contributed by atoms with Gasteiger partial charge < -0.3 is 10.5 Å². The van der Waals surface area contributed by atoms with Crippen LogP contribution in [-0.2, 0) is 6.61 Å². The fourth-order valence-electron chi connectivity index (χ4n) is 1.41. The molecule has 0 fully saturated rings. The topological polar surface area (TPSA) is 48.1 Å². The van der Waals surface area contributed by atoms with Crippen molar-refractivity contribution in [2.45, 2.75) is 13.5 Å². The third-order valence-electron chi connectivity index (χ3n) is 2.39. The maximum atomic E-state index is 13.3. The molecule has 0 bridgehead atoms. The van der Waals surface area contributed by atoms with E-state index in [4.69, 9.17) is 10.5 Å². The number of anilines is 1. The van der Waals surface area contributed by atoms with Crippen LogP contribution >= 0.6 is 0 Å². The summed E-state index contributed by atoms with van der Waals surface area (Å²) < 4.78 is 18.7. The van der Waals surface area contributed by atoms with Crippen LogP contribution in [0.15, 0.2) is 36.5 Å². The first-order chi connectivity index (χ1) is 8.15. The number of benzene rings is 1. The average Bonchev–Trinajstić information content (AvgIpc) is 2.31. The van der Waals surface area contributed by atoms with E-state index >= 15 is 0 Å². The summed E-state index contributed by atoms with van der Waals surface area (Å²) in [5, 5.41) is 0. The van der Waals surface area contributed by atoms with Gasteiger partial charge in [0.05, 0.1) is 0 Å². The molecule has 3 nitrogen and oxygen atoms in total. The second-order valence-corrected chi connectivity index (χ2v) is 3.79. The molecule has 0 spiro atoms. The Hall–Kier alpha value is -2.10. The highest BCUT2D eigenvalue weighted by molar-refractivity contribution is 5.32. The van der Waals surface area contributed by atoms with Crippen molar-refractivity contribution in [1.82, 2.24) is 4.98 Å². The quantitative estimate of drug-likeness (QED) is 0.885. The number of nitrogen functional groups attached to an aromatic ring is 1. The predicted molar refractivity (Wildman–Crippen MR) is 64.1 cm³/mol. The molecule has 2 N–H and O–H groups in total. The second kappa shape index (κ2) is 4.82. The molecule has 0 aliphatic rings. The van der Waals surface area contributed by atoms with Crippen LogP contribution in [-0.4, -0.2) is 4.98 Å². The number of rotatable bonds is 3. The monoisotopic (exact) mass is 232 g/mol. The van der Waals surface area contributed by atoms with Crippen LogP contribution in [0, 0.1) is 12.7 Å². The van der Waals surface area contributed by atoms with Gasteiger partial charge in [0.2, 0.25) is 0 Å². The van der Waals surface area contributed by atoms with Crippen molar-refractivity contribution in [2.24, 2.45) is 0 Å². The molecule has 1 heterocycles. The Bertz CT molecular complexity index is 529. The number of nitrogens with zero attached hydrogens (tertiary/aromatic N) is 1. The van der Waals surface area contributed by atoms with Gasteiger partial charge in [-0.25, -0.2) is 9.37 Å². The summed E-state index contributed by atoms with van der Waals surface area (Å²) in [4.78, 5) is 3.88. The maximum Gasteiger partial charge on any atom is 0.129 e. The number of nitrogens with two attached hydrogens (primary N) is 1. The number of aromatic nitrogens is 1. The number of ether oxygens (including phenoxy) is 1. The number of hydrogen-bond acceptors (Lipinski definition) is 3. The van der Waals surface area contributed by atoms with Crippen molar-refractivity contribution >= 4 is 5.82 Å². The molecule has 0 saturated heterocycles. The van der Waals surface area contributed by atoms with Crippen LogP contribution < -0.4 is 10.5 Å². The molecular formula is C13H13FN2O. The summed E-state index contributed by atoms with van der Waals surface area (Å²) in [5.41, 5.74) is 7.05. The molecule has 0 amide bonds. The highest BCUT2D eigenvalue weighted by Gasteiger charge is 2.01. The van der Waals surface area contributed by atoms with Crippen molar-refractivity contribution in [3.8, 4) is 5.75 Å². The summed E-state index contributed by atoms with van der Waals surface area (Å²) in [7, 11) is 0. The van der Waals surface area contributed by atoms with Gasteiger partial charge in [-0.3, -0.25) is 0 Å². The summed E-state index contributed by atoms with van der Waals surface area (Å²) in [6.07, 6.45) is 1.61. The van der Waals surface area contributed by atoms with Crippen LogP contribution in [0.2, 0.25) is 0 Å². The van der Waals surface area contributed by atoms with Gasteiger partial charge in [0.1, 0.15) is 24.0 Å². The van der Waals surface area contributed by atoms with Gasteiger partial charge in [-0.05, 0) is 36.2 Å². The van der Waals surface area contributed by atoms with E-state index in [0.717, 1.165) is 5.56 Å². The summed E-state index contributed by atoms with van der Waals surface area (Å²) >= 11 is 0. The lowest BCUT2D eigenvalue weighted by Crippen LogP contribution is -1.98. The Morgan fingerprint density at radius 1 is 1.29 bits per heavy atom. The lowest BCUT2D eigenvalue weighted by atomic mass is 10.2. The minimum absolute atomic E-state index is 0.267. The zero-order valence-corrected chi connectivity index (χ0v) is 9.48. The molecule has 4 heteroatoms. The molecule has 0 aliphatic heterocycles. The Labute approximate surface area is 99.1 Å². The molecule has 1 aromatic heterocycles. The molecule has 1 aromatic carbocycles. The Kier molecular flexibility index (Phi) is 3.23. The van der Waals surface area contributed by atoms with E-state index in [9.17, 15) is 4.39 Å². The fourth-order valence-corrected chi connectivity index (χ4v) is 1.41. The lowest BCUT2D eigenvalue weighted by Gasteiger charge is -2.07. The zero-order valence-electron chi connectivity index (χ0n) is 9.48. The third-order valence-corrected chi connectivity index (χ3v) is 2.39. The van der Waals surface area contributed by atoms with E-state index in [0.29, 0.717) is 23.7 Å². The summed E-state index contributed by atoms with van der Waals surface area (Å²) in [6.45, 7) is 2.05. The highest BCUT2D eigenvalue weighted by atomic mass is 19.1. The van der Waals surface area contributed by atoms with E-state index < -0.39 is 0 Å². The largest absolute Gasteiger partial charge is 0.489 e. The van der Waals surface area contributed by atoms with Crippen molar-refractivity contribution in [3.63, 3.8) is 0 Å². The molecular weight excluding hydrogens is 219 g/mol. The SMILES string of the molecule is Cc1ccc(OCc2ccnc(N)c2)cc1F. The van der Waals surface area contributed by atoms with Gasteiger partial charge in [-0.15, -0.1) is 0 Å². The molecule has 0 aliphatic carbocycles. The first-order valence-corrected chi connectivity index (χ1v) is 5.24. The van der Waals surface area contributed by atoms with Crippen LogP contribution in [0.4, 0.5) is 10.2 Å². The molecule has 17 heavy (non-hydrogen) atoms. The van der Waals surface area contributed by atoms with E-state index in [-0.39, 0.29) is 5.82 Å². The predicted octanol–water partition coefficient (Wildman–Crippen LogP) is 2.69. The molecule has 0 atom stereocenters. The van der Waals surface area contributed by atoms with Gasteiger partial charge in [0.15, 0.2) is 0 Å². The first kappa shape index (κ1) is 11.4. The zero-order chi connectivity index (χ0) is 12.3. The Balaban J connectivity index is 2.05. The van der Waals surface area contributed by atoms with Gasteiger partial charge >= 0.3 is 0 Å². The minimum atomic E-state index is -0.267. The standard InChI is InChI=1S/C13H13FN2O/c1-9-2-3-11(7-12(9)14)17-8-10-4-5-16-13(15)6-10/h2-7H,8H2,1H3,(H2,15,16). The molecule has 2 rings (SSSR count). The van der Waals surface area contributed by atoms with Crippen LogP contribution in [0.5, 0.6) is 5.75 Å². The number of pyridine rings is 1. The van der Waals surface area contributed by atoms with Gasteiger partial charge in [-0.2, -0.15) is 0 Å². The average molecular weight is 232 g/mol. The van der Waals surface area contributed by atoms with Crippen molar-refractivity contribution in [3.05, 3.63) is 53.5 Å². The van der Waals surface area contributed by atoms with Crippen molar-refractivity contribution < 1.29 is 9.13 Å². The fraction of sp³-hybridized carbons (Fsp3) is 0.154. The minimum Gasteiger partial charge on any atom is -0.489 e. The summed E-state index contributed by atoms with van der Waals surface area (Å²) in [5.74, 6) is 0.682. The molecule has 0 unspecified atom stereocenters. The normalized spacial score (nSPS) is 10.2. The van der Waals surface area contributed by atoms with Gasteiger partial charge in [0, 0.05) is 12.3 Å². The van der Waals surface area contributed by atoms with Crippen molar-refractivity contribution in [1.29, 1.82) is 0 Å². The number of hydrogen-bond donors (Lipinski definition) is 1. The van der Waals surface area contributed by atoms with Crippen LogP contribution in [0.3, 0.4) is 0 Å². The van der Waals surface area contributed by atoms with Crippen LogP contribution in [0.1, 0.15) is 11.1 Å². The van der Waals surface area contributed by atoms with E-state index in [1.165, 1.54) is 6.07 Å². The Morgan fingerprint density at radius 2 is 2.12 bits per heavy atom. The van der Waals surface area contributed by atoms with E-state index in [2.05, 4.69) is 4.98 Å². The van der Waals surface area contributed by atoms with Gasteiger partial charge in [0.25, 0.3) is 0 Å². The van der Waals surface area contributed by atoms with Gasteiger partial charge in [-0.1, -0.05) is 6.07 Å². The third kappa shape index (κ3) is 2.93. The number of halogens is 1. The smallest absolute Gasteiger partial charge is 0.129 e. The van der Waals surface area contributed by atoms with Crippen LogP contribution in [0.25, 0.3) is 0 Å². The maximum absolute atomic E-state index is 13.3. The molecule has 2 aromatic rings. The Morgan fingerprint density at radius 3 is 2.82 bits per heavy atom. The molecule has 0 saturated carbocycles. The highest BCUT2D eigenvalue weighted by Crippen LogP contribution is 2.17. The van der Waals surface area contributed by atoms with E-state index in [1.807, 2.05) is 0 Å². The second-order valence-electron chi connectivity index (χ2n) is 3.79. The summed E-state index contributed by atoms with van der Waals surface area (Å²) in [6, 6.07) is 8.33. The molecule has 88 valence electrons. The lowest BCUT2D eigenvalue weighted by molar-refractivity contribution is 0.304. The van der Waals surface area contributed by atoms with Crippen molar-refractivity contribution in [2.75, 3.05) is 5.73 Å². The first-order valence-electron chi connectivity index (χ1n) is 5.24. The number of aryl methyl sites for hydroxylation is 1.